The molecule has 0 bridgehead atoms. The van der Waals surface area contributed by atoms with Crippen LogP contribution in [0.4, 0.5) is 10.5 Å². The molecule has 2 aliphatic heterocycles. The van der Waals surface area contributed by atoms with Gasteiger partial charge in [0.2, 0.25) is 5.91 Å². The van der Waals surface area contributed by atoms with Crippen LogP contribution in [0.2, 0.25) is 0 Å². The Labute approximate surface area is 220 Å². The average Bonchev–Trinajstić information content (AvgIpc) is 2.91. The zero-order chi connectivity index (χ0) is 26.9. The number of hydrogen-bond acceptors (Lipinski definition) is 6. The third-order valence-electron chi connectivity index (χ3n) is 7.09. The number of benzene rings is 1. The molecule has 10 heteroatoms. The minimum atomic E-state index is -0.333. The Kier molecular flexibility index (Phi) is 10.6. The molecule has 0 aliphatic carbocycles. The molecule has 206 valence electrons. The molecule has 2 heterocycles. The summed E-state index contributed by atoms with van der Waals surface area (Å²) in [5.74, 6) is 0.205. The first-order chi connectivity index (χ1) is 17.7. The Hall–Kier alpha value is -2.85. The predicted octanol–water partition coefficient (Wildman–Crippen LogP) is 2.98. The van der Waals surface area contributed by atoms with Gasteiger partial charge in [-0.05, 0) is 44.4 Å². The van der Waals surface area contributed by atoms with Crippen molar-refractivity contribution in [2.75, 3.05) is 58.9 Å². The topological polar surface area (TPSA) is 109 Å². The molecular formula is C27H42N4O6. The molecular weight excluding hydrogens is 476 g/mol. The van der Waals surface area contributed by atoms with Gasteiger partial charge >= 0.3 is 6.03 Å². The summed E-state index contributed by atoms with van der Waals surface area (Å²) in [7, 11) is 3.35. The van der Waals surface area contributed by atoms with Crippen LogP contribution in [0.15, 0.2) is 18.2 Å². The third-order valence-corrected chi connectivity index (χ3v) is 7.09. The zero-order valence-corrected chi connectivity index (χ0v) is 22.7. The Morgan fingerprint density at radius 3 is 2.57 bits per heavy atom. The second-order valence-electron chi connectivity index (χ2n) is 10.1. The number of likely N-dealkylation sites (N-methyl/N-ethyl adjacent to an activating group) is 1. The molecule has 0 saturated carbocycles. The van der Waals surface area contributed by atoms with E-state index >= 15 is 0 Å². The van der Waals surface area contributed by atoms with E-state index in [9.17, 15) is 14.4 Å². The summed E-state index contributed by atoms with van der Waals surface area (Å²) in [6.07, 6.45) is 1.98. The van der Waals surface area contributed by atoms with Crippen LogP contribution in [0.1, 0.15) is 50.4 Å². The Balaban J connectivity index is 1.90. The van der Waals surface area contributed by atoms with Crippen molar-refractivity contribution in [3.05, 3.63) is 23.8 Å². The van der Waals surface area contributed by atoms with Crippen LogP contribution in [0, 0.1) is 11.8 Å². The van der Waals surface area contributed by atoms with Crippen LogP contribution >= 0.6 is 0 Å². The number of ether oxygens (including phenoxy) is 3. The molecule has 10 nitrogen and oxygen atoms in total. The van der Waals surface area contributed by atoms with Crippen LogP contribution in [0.3, 0.4) is 0 Å². The van der Waals surface area contributed by atoms with Gasteiger partial charge in [-0.3, -0.25) is 9.59 Å². The van der Waals surface area contributed by atoms with Gasteiger partial charge in [0.05, 0.1) is 17.7 Å². The van der Waals surface area contributed by atoms with Gasteiger partial charge in [0.1, 0.15) is 12.4 Å². The summed E-state index contributed by atoms with van der Waals surface area (Å²) in [6, 6.07) is 4.48. The minimum Gasteiger partial charge on any atom is -0.491 e. The maximum atomic E-state index is 13.6. The SMILES string of the molecule is CCCNC(=O)Nc1ccc2c(c1)C(=O)N(C)C[C@@H](OC)[C@H](C)CN(C(=O)C1CCOCC1)[C@@H](C)CO2. The molecule has 1 aromatic carbocycles. The summed E-state index contributed by atoms with van der Waals surface area (Å²) in [4.78, 5) is 42.7. The van der Waals surface area contributed by atoms with E-state index in [-0.39, 0.29) is 48.4 Å². The maximum absolute atomic E-state index is 13.6. The standard InChI is InChI=1S/C27H42N4O6/c1-6-11-28-27(34)29-21-7-8-23-22(14-21)26(33)30(4)16-24(35-5)18(2)15-31(19(3)17-37-23)25(32)20-9-12-36-13-10-20/h7-8,14,18-20,24H,6,9-13,15-17H2,1-5H3,(H2,28,29,34)/t18-,19+,24-/m1/s1. The van der Waals surface area contributed by atoms with Gasteiger partial charge in [0, 0.05) is 64.5 Å². The van der Waals surface area contributed by atoms with E-state index in [4.69, 9.17) is 14.2 Å². The average molecular weight is 519 g/mol. The van der Waals surface area contributed by atoms with Gasteiger partial charge < -0.3 is 34.6 Å². The fraction of sp³-hybridized carbons (Fsp3) is 0.667. The zero-order valence-electron chi connectivity index (χ0n) is 22.7. The molecule has 3 atom stereocenters. The van der Waals surface area contributed by atoms with Crippen molar-refractivity contribution in [3.63, 3.8) is 0 Å². The maximum Gasteiger partial charge on any atom is 0.319 e. The van der Waals surface area contributed by atoms with Crippen LogP contribution in [0.25, 0.3) is 0 Å². The van der Waals surface area contributed by atoms with Crippen molar-refractivity contribution >= 4 is 23.5 Å². The summed E-state index contributed by atoms with van der Waals surface area (Å²) < 4.78 is 17.4. The highest BCUT2D eigenvalue weighted by Gasteiger charge is 2.33. The van der Waals surface area contributed by atoms with E-state index in [0.29, 0.717) is 62.7 Å². The highest BCUT2D eigenvalue weighted by molar-refractivity contribution is 5.99. The lowest BCUT2D eigenvalue weighted by Crippen LogP contribution is -2.50. The lowest BCUT2D eigenvalue weighted by atomic mass is 9.95. The van der Waals surface area contributed by atoms with Crippen molar-refractivity contribution in [2.45, 2.75) is 52.2 Å². The van der Waals surface area contributed by atoms with Crippen LogP contribution in [-0.2, 0) is 14.3 Å². The van der Waals surface area contributed by atoms with Crippen molar-refractivity contribution in [3.8, 4) is 5.75 Å². The highest BCUT2D eigenvalue weighted by Crippen LogP contribution is 2.27. The molecule has 2 aliphatic rings. The number of nitrogens with zero attached hydrogens (tertiary/aromatic N) is 2. The molecule has 1 fully saturated rings. The normalized spacial score (nSPS) is 23.8. The summed E-state index contributed by atoms with van der Waals surface area (Å²) in [5, 5.41) is 5.54. The van der Waals surface area contributed by atoms with E-state index in [2.05, 4.69) is 10.6 Å². The monoisotopic (exact) mass is 518 g/mol. The third kappa shape index (κ3) is 7.58. The number of anilines is 1. The van der Waals surface area contributed by atoms with Gasteiger partial charge in [-0.1, -0.05) is 13.8 Å². The van der Waals surface area contributed by atoms with Crippen molar-refractivity contribution in [1.29, 1.82) is 0 Å². The van der Waals surface area contributed by atoms with Gasteiger partial charge in [-0.25, -0.2) is 4.79 Å². The number of amides is 4. The molecule has 37 heavy (non-hydrogen) atoms. The Morgan fingerprint density at radius 1 is 1.16 bits per heavy atom. The van der Waals surface area contributed by atoms with Gasteiger partial charge in [0.15, 0.2) is 0 Å². The first-order valence-electron chi connectivity index (χ1n) is 13.2. The quantitative estimate of drug-likeness (QED) is 0.620. The van der Waals surface area contributed by atoms with Crippen molar-refractivity contribution in [2.24, 2.45) is 11.8 Å². The number of methoxy groups -OCH3 is 1. The van der Waals surface area contributed by atoms with Gasteiger partial charge in [-0.15, -0.1) is 0 Å². The van der Waals surface area contributed by atoms with E-state index in [1.807, 2.05) is 25.7 Å². The van der Waals surface area contributed by atoms with E-state index in [1.54, 1.807) is 37.3 Å². The van der Waals surface area contributed by atoms with Crippen LogP contribution in [-0.4, -0.2) is 93.4 Å². The smallest absolute Gasteiger partial charge is 0.319 e. The summed E-state index contributed by atoms with van der Waals surface area (Å²) in [5.41, 5.74) is 0.833. The van der Waals surface area contributed by atoms with E-state index in [1.165, 1.54) is 0 Å². The molecule has 3 rings (SSSR count). The fourth-order valence-electron chi connectivity index (χ4n) is 4.75. The van der Waals surface area contributed by atoms with Crippen LogP contribution < -0.4 is 15.4 Å². The first-order valence-corrected chi connectivity index (χ1v) is 13.2. The second-order valence-corrected chi connectivity index (χ2v) is 10.1. The molecule has 0 spiro atoms. The second kappa shape index (κ2) is 13.6. The number of nitrogens with one attached hydrogen (secondary N) is 2. The number of rotatable bonds is 5. The molecule has 0 radical (unpaired) electrons. The molecule has 2 N–H and O–H groups in total. The number of carbonyl (C=O) groups is 3. The fourth-order valence-corrected chi connectivity index (χ4v) is 4.75. The molecule has 4 amide bonds. The number of urea groups is 1. The lowest BCUT2D eigenvalue weighted by molar-refractivity contribution is -0.142. The molecule has 1 aromatic rings. The Morgan fingerprint density at radius 2 is 1.89 bits per heavy atom. The molecule has 1 saturated heterocycles. The van der Waals surface area contributed by atoms with E-state index < -0.39 is 0 Å². The molecule has 0 aromatic heterocycles. The number of carbonyl (C=O) groups excluding carboxylic acids is 3. The number of fused-ring (bicyclic) bond motifs is 1. The van der Waals surface area contributed by atoms with Crippen LogP contribution in [0.5, 0.6) is 5.75 Å². The van der Waals surface area contributed by atoms with E-state index in [0.717, 1.165) is 6.42 Å². The lowest BCUT2D eigenvalue weighted by Gasteiger charge is -2.38. The van der Waals surface area contributed by atoms with Gasteiger partial charge in [0.25, 0.3) is 5.91 Å². The summed E-state index contributed by atoms with van der Waals surface area (Å²) >= 11 is 0. The van der Waals surface area contributed by atoms with Gasteiger partial charge in [-0.2, -0.15) is 0 Å². The predicted molar refractivity (Wildman–Crippen MR) is 141 cm³/mol. The summed E-state index contributed by atoms with van der Waals surface area (Å²) in [6.45, 7) is 8.81. The van der Waals surface area contributed by atoms with Crippen molar-refractivity contribution < 1.29 is 28.6 Å². The highest BCUT2D eigenvalue weighted by atomic mass is 16.5. The Bertz CT molecular complexity index is 935. The molecule has 0 unspecified atom stereocenters. The minimum absolute atomic E-state index is 0.0133. The first kappa shape index (κ1) is 28.7. The van der Waals surface area contributed by atoms with Crippen molar-refractivity contribution in [1.82, 2.24) is 15.1 Å². The number of hydrogen-bond donors (Lipinski definition) is 2. The largest absolute Gasteiger partial charge is 0.491 e.